The first-order valence-corrected chi connectivity index (χ1v) is 10.9. The van der Waals surface area contributed by atoms with Crippen LogP contribution in [0.4, 0.5) is 0 Å². The summed E-state index contributed by atoms with van der Waals surface area (Å²) in [5.41, 5.74) is 1.51. The molecule has 0 aromatic rings. The summed E-state index contributed by atoms with van der Waals surface area (Å²) in [6.07, 6.45) is 17.2. The maximum absolute atomic E-state index is 6.10. The summed E-state index contributed by atoms with van der Waals surface area (Å²) in [5.74, 6) is 1.00. The van der Waals surface area contributed by atoms with Crippen molar-refractivity contribution in [2.45, 2.75) is 85.0 Å². The third-order valence-corrected chi connectivity index (χ3v) is 5.75. The molecule has 0 unspecified atom stereocenters. The number of allylic oxidation sites excluding steroid dienone is 3. The van der Waals surface area contributed by atoms with Crippen LogP contribution in [0.25, 0.3) is 0 Å². The standard InChI is InChI=1S/C20H35O3P/c1-4-5-6-7-8-9-10-12-18-13-14-20(2,3)17-19(18)23-24-21-15-11-16-22-24/h13,17H,4-12,14-16H2,1-3H3. The Balaban J connectivity index is 1.78. The van der Waals surface area contributed by atoms with Crippen LogP contribution in [0.15, 0.2) is 23.5 Å². The quantitative estimate of drug-likeness (QED) is 0.311. The molecule has 3 nitrogen and oxygen atoms in total. The van der Waals surface area contributed by atoms with Gasteiger partial charge in [0.15, 0.2) is 0 Å². The van der Waals surface area contributed by atoms with E-state index in [4.69, 9.17) is 13.6 Å². The topological polar surface area (TPSA) is 27.7 Å². The molecule has 0 amide bonds. The number of unbranched alkanes of at least 4 members (excludes halogenated alkanes) is 6. The second kappa shape index (κ2) is 10.6. The minimum atomic E-state index is -1.20. The third kappa shape index (κ3) is 7.25. The summed E-state index contributed by atoms with van der Waals surface area (Å²) in [6.45, 7) is 8.28. The van der Waals surface area contributed by atoms with Crippen LogP contribution in [0.2, 0.25) is 0 Å². The highest BCUT2D eigenvalue weighted by Gasteiger charge is 2.27. The minimum Gasteiger partial charge on any atom is -0.427 e. The molecule has 0 bridgehead atoms. The van der Waals surface area contributed by atoms with E-state index in [0.717, 1.165) is 38.2 Å². The fourth-order valence-electron chi connectivity index (χ4n) is 3.08. The fraction of sp³-hybridized carbons (Fsp3) is 0.800. The molecule has 0 aromatic carbocycles. The number of hydrogen-bond donors (Lipinski definition) is 0. The van der Waals surface area contributed by atoms with Gasteiger partial charge in [0.25, 0.3) is 0 Å². The van der Waals surface area contributed by atoms with Gasteiger partial charge in [0.2, 0.25) is 0 Å². The van der Waals surface area contributed by atoms with Crippen molar-refractivity contribution in [1.82, 2.24) is 0 Å². The first kappa shape index (κ1) is 19.9. The molecule has 2 aliphatic rings. The van der Waals surface area contributed by atoms with Gasteiger partial charge < -0.3 is 13.6 Å². The Bertz CT molecular complexity index is 423. The number of rotatable bonds is 10. The van der Waals surface area contributed by atoms with E-state index in [0.29, 0.717) is 0 Å². The maximum atomic E-state index is 6.10. The van der Waals surface area contributed by atoms with E-state index >= 15 is 0 Å². The summed E-state index contributed by atoms with van der Waals surface area (Å²) in [4.78, 5) is 0. The molecule has 0 N–H and O–H groups in total. The Morgan fingerprint density at radius 3 is 2.42 bits per heavy atom. The van der Waals surface area contributed by atoms with E-state index in [2.05, 4.69) is 32.9 Å². The van der Waals surface area contributed by atoms with Crippen molar-refractivity contribution in [2.75, 3.05) is 13.2 Å². The lowest BCUT2D eigenvalue weighted by Gasteiger charge is -2.29. The van der Waals surface area contributed by atoms with Gasteiger partial charge in [-0.05, 0) is 42.7 Å². The van der Waals surface area contributed by atoms with Crippen LogP contribution in [0.3, 0.4) is 0 Å². The van der Waals surface area contributed by atoms with Gasteiger partial charge in [0.1, 0.15) is 5.76 Å². The summed E-state index contributed by atoms with van der Waals surface area (Å²) < 4.78 is 17.4. The van der Waals surface area contributed by atoms with Crippen LogP contribution in [0, 0.1) is 5.41 Å². The molecule has 138 valence electrons. The minimum absolute atomic E-state index is 0.157. The predicted octanol–water partition coefficient (Wildman–Crippen LogP) is 7.05. The van der Waals surface area contributed by atoms with E-state index in [-0.39, 0.29) is 5.41 Å². The molecule has 0 radical (unpaired) electrons. The zero-order valence-corrected chi connectivity index (χ0v) is 16.7. The molecular formula is C20H35O3P. The van der Waals surface area contributed by atoms with Crippen molar-refractivity contribution in [3.8, 4) is 0 Å². The molecule has 4 heteroatoms. The van der Waals surface area contributed by atoms with Crippen LogP contribution in [0.1, 0.15) is 85.0 Å². The largest absolute Gasteiger partial charge is 0.427 e. The Kier molecular flexibility index (Phi) is 8.80. The van der Waals surface area contributed by atoms with Gasteiger partial charge >= 0.3 is 8.60 Å². The highest BCUT2D eigenvalue weighted by atomic mass is 31.2. The smallest absolute Gasteiger partial charge is 0.397 e. The second-order valence-corrected chi connectivity index (χ2v) is 8.78. The van der Waals surface area contributed by atoms with E-state index in [9.17, 15) is 0 Å². The Morgan fingerprint density at radius 2 is 1.71 bits per heavy atom. The average Bonchev–Trinajstić information content (AvgIpc) is 2.56. The Hall–Kier alpha value is -0.370. The van der Waals surface area contributed by atoms with Crippen molar-refractivity contribution in [3.63, 3.8) is 0 Å². The van der Waals surface area contributed by atoms with Crippen LogP contribution in [-0.2, 0) is 13.6 Å². The van der Waals surface area contributed by atoms with Crippen molar-refractivity contribution in [2.24, 2.45) is 5.41 Å². The third-order valence-electron chi connectivity index (χ3n) is 4.62. The molecule has 2 rings (SSSR count). The van der Waals surface area contributed by atoms with Crippen molar-refractivity contribution in [3.05, 3.63) is 23.5 Å². The van der Waals surface area contributed by atoms with Crippen molar-refractivity contribution < 1.29 is 13.6 Å². The van der Waals surface area contributed by atoms with Crippen molar-refractivity contribution >= 4 is 8.60 Å². The molecule has 0 aromatic heterocycles. The normalized spacial score (nSPS) is 21.3. The summed E-state index contributed by atoms with van der Waals surface area (Å²) in [6, 6.07) is 0. The highest BCUT2D eigenvalue weighted by Crippen LogP contribution is 2.48. The van der Waals surface area contributed by atoms with Gasteiger partial charge in [-0.2, -0.15) is 0 Å². The zero-order chi connectivity index (χ0) is 17.3. The summed E-state index contributed by atoms with van der Waals surface area (Å²) in [5, 5.41) is 0. The molecule has 0 saturated carbocycles. The van der Waals surface area contributed by atoms with Gasteiger partial charge in [-0.25, -0.2) is 0 Å². The van der Waals surface area contributed by atoms with Gasteiger partial charge in [0, 0.05) is 0 Å². The van der Waals surface area contributed by atoms with Crippen LogP contribution < -0.4 is 0 Å². The summed E-state index contributed by atoms with van der Waals surface area (Å²) in [7, 11) is -1.20. The van der Waals surface area contributed by atoms with E-state index in [1.165, 1.54) is 50.5 Å². The van der Waals surface area contributed by atoms with Crippen LogP contribution >= 0.6 is 8.60 Å². The van der Waals surface area contributed by atoms with Crippen LogP contribution in [0.5, 0.6) is 0 Å². The lowest BCUT2D eigenvalue weighted by atomic mass is 9.82. The average molecular weight is 354 g/mol. The molecule has 1 saturated heterocycles. The first-order valence-electron chi connectivity index (χ1n) is 9.77. The van der Waals surface area contributed by atoms with Crippen molar-refractivity contribution in [1.29, 1.82) is 0 Å². The zero-order valence-electron chi connectivity index (χ0n) is 15.8. The highest BCUT2D eigenvalue weighted by molar-refractivity contribution is 7.41. The van der Waals surface area contributed by atoms with Crippen LogP contribution in [-0.4, -0.2) is 13.2 Å². The van der Waals surface area contributed by atoms with E-state index in [1.807, 2.05) is 0 Å². The van der Waals surface area contributed by atoms with Gasteiger partial charge in [-0.1, -0.05) is 65.4 Å². The molecule has 1 heterocycles. The van der Waals surface area contributed by atoms with E-state index in [1.54, 1.807) is 0 Å². The molecular weight excluding hydrogens is 319 g/mol. The Morgan fingerprint density at radius 1 is 1.04 bits per heavy atom. The lowest BCUT2D eigenvalue weighted by molar-refractivity contribution is 0.132. The van der Waals surface area contributed by atoms with Gasteiger partial charge in [-0.3, -0.25) is 0 Å². The van der Waals surface area contributed by atoms with E-state index < -0.39 is 8.60 Å². The fourth-order valence-corrected chi connectivity index (χ4v) is 4.15. The number of hydrogen-bond acceptors (Lipinski definition) is 3. The molecule has 1 aliphatic heterocycles. The summed E-state index contributed by atoms with van der Waals surface area (Å²) >= 11 is 0. The van der Waals surface area contributed by atoms with Gasteiger partial charge in [-0.15, -0.1) is 0 Å². The second-order valence-electron chi connectivity index (χ2n) is 7.64. The SMILES string of the molecule is CCCCCCCCCC1=CCC(C)(C)C=C1OP1OCCCO1. The predicted molar refractivity (Wildman–Crippen MR) is 102 cm³/mol. The molecule has 1 aliphatic carbocycles. The molecule has 0 spiro atoms. The Labute approximate surface area is 149 Å². The first-order chi connectivity index (χ1) is 11.6. The maximum Gasteiger partial charge on any atom is 0.397 e. The monoisotopic (exact) mass is 354 g/mol. The molecule has 0 atom stereocenters. The molecule has 1 fully saturated rings. The van der Waals surface area contributed by atoms with Gasteiger partial charge in [0.05, 0.1) is 13.2 Å². The molecule has 24 heavy (non-hydrogen) atoms. The lowest BCUT2D eigenvalue weighted by Crippen LogP contribution is -2.15.